The van der Waals surface area contributed by atoms with Crippen LogP contribution in [0.1, 0.15) is 11.9 Å². The Kier molecular flexibility index (Phi) is 3.19. The second-order valence-electron chi connectivity index (χ2n) is 3.62. The number of hydrogen-bond acceptors (Lipinski definition) is 3. The minimum Gasteiger partial charge on any atom is -0.326 e. The number of halogens is 1. The lowest BCUT2D eigenvalue weighted by Crippen LogP contribution is -2.07. The maximum Gasteiger partial charge on any atom is 0.221 e. The van der Waals surface area contributed by atoms with Crippen molar-refractivity contribution in [1.82, 2.24) is 4.98 Å². The molecule has 3 nitrogen and oxygen atoms in total. The van der Waals surface area contributed by atoms with Gasteiger partial charge in [-0.3, -0.25) is 4.79 Å². The lowest BCUT2D eigenvalue weighted by Gasteiger charge is -2.07. The van der Waals surface area contributed by atoms with E-state index < -0.39 is 0 Å². The Bertz CT molecular complexity index is 565. The second-order valence-corrected chi connectivity index (χ2v) is 4.69. The number of carbonyl (C=O) groups excluding carboxylic acids is 1. The van der Waals surface area contributed by atoms with Gasteiger partial charge in [0.05, 0.1) is 16.4 Å². The van der Waals surface area contributed by atoms with Gasteiger partial charge in [-0.1, -0.05) is 0 Å². The summed E-state index contributed by atoms with van der Waals surface area (Å²) in [4.78, 5) is 15.4. The Morgan fingerprint density at radius 1 is 1.47 bits per heavy atom. The molecule has 2 rings (SSSR count). The Balaban J connectivity index is 2.49. The van der Waals surface area contributed by atoms with Gasteiger partial charge in [0.25, 0.3) is 0 Å². The Morgan fingerprint density at radius 3 is 2.82 bits per heavy atom. The maximum absolute atomic E-state index is 13.1. The van der Waals surface area contributed by atoms with Gasteiger partial charge in [0.2, 0.25) is 5.91 Å². The predicted molar refractivity (Wildman–Crippen MR) is 66.5 cm³/mol. The summed E-state index contributed by atoms with van der Waals surface area (Å²) in [6.07, 6.45) is 0. The van der Waals surface area contributed by atoms with E-state index in [0.717, 1.165) is 16.3 Å². The van der Waals surface area contributed by atoms with Gasteiger partial charge in [0, 0.05) is 17.9 Å². The van der Waals surface area contributed by atoms with Gasteiger partial charge >= 0.3 is 0 Å². The van der Waals surface area contributed by atoms with Crippen LogP contribution in [0, 0.1) is 12.7 Å². The molecule has 0 atom stereocenters. The third-order valence-corrected chi connectivity index (χ3v) is 2.96. The zero-order chi connectivity index (χ0) is 12.4. The van der Waals surface area contributed by atoms with E-state index in [1.54, 1.807) is 6.07 Å². The maximum atomic E-state index is 13.1. The van der Waals surface area contributed by atoms with Crippen LogP contribution in [0.4, 0.5) is 10.1 Å². The summed E-state index contributed by atoms with van der Waals surface area (Å²) < 4.78 is 13.1. The van der Waals surface area contributed by atoms with Crippen molar-refractivity contribution in [3.8, 4) is 11.3 Å². The summed E-state index contributed by atoms with van der Waals surface area (Å²) in [6, 6.07) is 4.27. The molecule has 2 aromatic rings. The zero-order valence-electron chi connectivity index (χ0n) is 9.45. The molecule has 0 bridgehead atoms. The first kappa shape index (κ1) is 11.7. The van der Waals surface area contributed by atoms with Crippen LogP contribution < -0.4 is 5.32 Å². The molecule has 0 unspecified atom stereocenters. The molecule has 1 amide bonds. The number of aryl methyl sites for hydroxylation is 1. The van der Waals surface area contributed by atoms with Crippen LogP contribution in [0.25, 0.3) is 11.3 Å². The van der Waals surface area contributed by atoms with Crippen molar-refractivity contribution >= 4 is 22.9 Å². The molecule has 0 saturated heterocycles. The van der Waals surface area contributed by atoms with E-state index in [1.807, 2.05) is 12.3 Å². The highest BCUT2D eigenvalue weighted by molar-refractivity contribution is 7.09. The smallest absolute Gasteiger partial charge is 0.221 e. The quantitative estimate of drug-likeness (QED) is 0.889. The number of amides is 1. The minimum absolute atomic E-state index is 0.233. The van der Waals surface area contributed by atoms with E-state index in [9.17, 15) is 9.18 Å². The molecule has 0 aliphatic carbocycles. The third kappa shape index (κ3) is 2.68. The zero-order valence-corrected chi connectivity index (χ0v) is 10.3. The number of benzene rings is 1. The molecule has 1 aromatic carbocycles. The second kappa shape index (κ2) is 4.63. The molecule has 0 saturated carbocycles. The fraction of sp³-hybridized carbons (Fsp3) is 0.167. The highest BCUT2D eigenvalue weighted by Crippen LogP contribution is 2.29. The van der Waals surface area contributed by atoms with Crippen LogP contribution in [0.2, 0.25) is 0 Å². The number of aromatic nitrogens is 1. The van der Waals surface area contributed by atoms with E-state index in [2.05, 4.69) is 10.3 Å². The largest absolute Gasteiger partial charge is 0.326 e. The highest BCUT2D eigenvalue weighted by Gasteiger charge is 2.10. The minimum atomic E-state index is -0.385. The van der Waals surface area contributed by atoms with Crippen LogP contribution >= 0.6 is 11.3 Å². The van der Waals surface area contributed by atoms with Crippen LogP contribution in [0.3, 0.4) is 0 Å². The van der Waals surface area contributed by atoms with Crippen molar-refractivity contribution in [1.29, 1.82) is 0 Å². The van der Waals surface area contributed by atoms with Crippen molar-refractivity contribution in [2.24, 2.45) is 0 Å². The van der Waals surface area contributed by atoms with Gasteiger partial charge in [-0.15, -0.1) is 11.3 Å². The Labute approximate surface area is 102 Å². The van der Waals surface area contributed by atoms with Gasteiger partial charge in [0.1, 0.15) is 5.82 Å². The molecular weight excluding hydrogens is 239 g/mol. The first-order valence-electron chi connectivity index (χ1n) is 5.06. The lowest BCUT2D eigenvalue weighted by atomic mass is 10.1. The van der Waals surface area contributed by atoms with Crippen LogP contribution in [-0.2, 0) is 4.79 Å². The summed E-state index contributed by atoms with van der Waals surface area (Å²) in [5.74, 6) is -0.617. The normalized spacial score (nSPS) is 10.3. The average Bonchev–Trinajstić information content (AvgIpc) is 2.64. The van der Waals surface area contributed by atoms with Gasteiger partial charge in [0.15, 0.2) is 0 Å². The summed E-state index contributed by atoms with van der Waals surface area (Å²) in [7, 11) is 0. The molecule has 88 valence electrons. The number of hydrogen-bond donors (Lipinski definition) is 1. The third-order valence-electron chi connectivity index (χ3n) is 2.19. The monoisotopic (exact) mass is 250 g/mol. The molecular formula is C12H11FN2OS. The average molecular weight is 250 g/mol. The molecule has 1 N–H and O–H groups in total. The van der Waals surface area contributed by atoms with Crippen molar-refractivity contribution in [3.05, 3.63) is 34.4 Å². The first-order valence-corrected chi connectivity index (χ1v) is 5.94. The molecule has 0 fully saturated rings. The van der Waals surface area contributed by atoms with Crippen LogP contribution in [0.15, 0.2) is 23.6 Å². The molecule has 0 radical (unpaired) electrons. The Hall–Kier alpha value is -1.75. The van der Waals surface area contributed by atoms with E-state index in [4.69, 9.17) is 0 Å². The molecule has 1 heterocycles. The standard InChI is InChI=1S/C12H11FN2OS/c1-7(16)14-11-5-9(13)3-4-10(11)12-6-17-8(2)15-12/h3-6H,1-2H3,(H,14,16). The fourth-order valence-electron chi connectivity index (χ4n) is 1.52. The summed E-state index contributed by atoms with van der Waals surface area (Å²) in [6.45, 7) is 3.29. The fourth-order valence-corrected chi connectivity index (χ4v) is 2.13. The number of carbonyl (C=O) groups is 1. The van der Waals surface area contributed by atoms with E-state index >= 15 is 0 Å². The van der Waals surface area contributed by atoms with Crippen LogP contribution in [0.5, 0.6) is 0 Å². The number of rotatable bonds is 2. The predicted octanol–water partition coefficient (Wildman–Crippen LogP) is 3.22. The molecule has 0 spiro atoms. The van der Waals surface area contributed by atoms with Gasteiger partial charge in [-0.25, -0.2) is 9.37 Å². The molecule has 0 aliphatic heterocycles. The van der Waals surface area contributed by atoms with Crippen LogP contribution in [-0.4, -0.2) is 10.9 Å². The summed E-state index contributed by atoms with van der Waals surface area (Å²) in [5, 5.41) is 5.42. The molecule has 1 aromatic heterocycles. The molecule has 17 heavy (non-hydrogen) atoms. The summed E-state index contributed by atoms with van der Waals surface area (Å²) >= 11 is 1.51. The van der Waals surface area contributed by atoms with Crippen molar-refractivity contribution in [2.75, 3.05) is 5.32 Å². The number of nitrogens with zero attached hydrogens (tertiary/aromatic N) is 1. The van der Waals surface area contributed by atoms with E-state index in [0.29, 0.717) is 5.69 Å². The van der Waals surface area contributed by atoms with Gasteiger partial charge in [-0.2, -0.15) is 0 Å². The number of thiazole rings is 1. The molecule has 5 heteroatoms. The topological polar surface area (TPSA) is 42.0 Å². The van der Waals surface area contributed by atoms with Crippen molar-refractivity contribution in [3.63, 3.8) is 0 Å². The Morgan fingerprint density at radius 2 is 2.24 bits per heavy atom. The van der Waals surface area contributed by atoms with E-state index in [-0.39, 0.29) is 11.7 Å². The van der Waals surface area contributed by atoms with Crippen molar-refractivity contribution < 1.29 is 9.18 Å². The summed E-state index contributed by atoms with van der Waals surface area (Å²) in [5.41, 5.74) is 1.92. The lowest BCUT2D eigenvalue weighted by molar-refractivity contribution is -0.114. The van der Waals surface area contributed by atoms with Gasteiger partial charge < -0.3 is 5.32 Å². The van der Waals surface area contributed by atoms with Gasteiger partial charge in [-0.05, 0) is 25.1 Å². The highest BCUT2D eigenvalue weighted by atomic mass is 32.1. The number of anilines is 1. The SMILES string of the molecule is CC(=O)Nc1cc(F)ccc1-c1csc(C)n1. The van der Waals surface area contributed by atoms with Crippen molar-refractivity contribution in [2.45, 2.75) is 13.8 Å². The molecule has 0 aliphatic rings. The number of nitrogens with one attached hydrogen (secondary N) is 1. The first-order chi connectivity index (χ1) is 8.06. The van der Waals surface area contributed by atoms with E-state index in [1.165, 1.54) is 30.4 Å².